The molecule has 0 N–H and O–H groups in total. The van der Waals surface area contributed by atoms with E-state index in [0.29, 0.717) is 19.8 Å². The Kier molecular flexibility index (Phi) is 6.89. The number of hydrogen-bond donors (Lipinski definition) is 0. The molecule has 0 fully saturated rings. The zero-order valence-corrected chi connectivity index (χ0v) is 18.8. The van der Waals surface area contributed by atoms with Crippen molar-refractivity contribution in [1.29, 1.82) is 5.26 Å². The van der Waals surface area contributed by atoms with Crippen molar-refractivity contribution in [3.63, 3.8) is 0 Å². The first-order valence-corrected chi connectivity index (χ1v) is 11.1. The van der Waals surface area contributed by atoms with E-state index in [4.69, 9.17) is 9.47 Å². The third-order valence-electron chi connectivity index (χ3n) is 5.78. The molecule has 0 saturated heterocycles. The number of rotatable bonds is 9. The van der Waals surface area contributed by atoms with E-state index < -0.39 is 0 Å². The second-order valence-corrected chi connectivity index (χ2v) is 7.79. The van der Waals surface area contributed by atoms with Crippen LogP contribution in [0.25, 0.3) is 0 Å². The lowest BCUT2D eigenvalue weighted by Gasteiger charge is -2.28. The van der Waals surface area contributed by atoms with Gasteiger partial charge in [-0.1, -0.05) is 30.3 Å². The maximum absolute atomic E-state index is 12.0. The van der Waals surface area contributed by atoms with Gasteiger partial charge in [-0.2, -0.15) is 10.4 Å². The van der Waals surface area contributed by atoms with Crippen LogP contribution >= 0.6 is 0 Å². The van der Waals surface area contributed by atoms with Crippen molar-refractivity contribution in [2.24, 2.45) is 0 Å². The fraction of sp³-hybridized carbons (Fsp3) is 0.360. The van der Waals surface area contributed by atoms with Crippen molar-refractivity contribution in [3.8, 4) is 11.8 Å². The number of nitrogens with zero attached hydrogens (tertiary/aromatic N) is 5. The smallest absolute Gasteiger partial charge is 0.310 e. The molecular weight excluding hydrogens is 418 g/mol. The minimum Gasteiger partial charge on any atom is -0.492 e. The number of carbonyl (C=O) groups excluding carboxylic acids is 1. The van der Waals surface area contributed by atoms with Gasteiger partial charge in [-0.3, -0.25) is 4.79 Å². The predicted octanol–water partition coefficient (Wildman–Crippen LogP) is 3.65. The SMILES string of the molecule is CCOC(=O)Cc1cccc(C2C(C#N)c3ccc(OCCn4cncn4)cc3N2CC)c1. The van der Waals surface area contributed by atoms with Crippen molar-refractivity contribution in [3.05, 3.63) is 71.8 Å². The summed E-state index contributed by atoms with van der Waals surface area (Å²) in [6.45, 7) is 6.05. The molecule has 33 heavy (non-hydrogen) atoms. The highest BCUT2D eigenvalue weighted by Crippen LogP contribution is 2.49. The molecule has 1 aromatic heterocycles. The molecule has 8 nitrogen and oxygen atoms in total. The van der Waals surface area contributed by atoms with Crippen molar-refractivity contribution in [2.45, 2.75) is 38.8 Å². The number of benzene rings is 2. The Morgan fingerprint density at radius 2 is 2.09 bits per heavy atom. The topological polar surface area (TPSA) is 93.3 Å². The first-order chi connectivity index (χ1) is 16.1. The van der Waals surface area contributed by atoms with Crippen LogP contribution in [0, 0.1) is 11.3 Å². The van der Waals surface area contributed by atoms with Crippen LogP contribution in [0.2, 0.25) is 0 Å². The molecule has 0 spiro atoms. The molecule has 2 heterocycles. The second kappa shape index (κ2) is 10.2. The summed E-state index contributed by atoms with van der Waals surface area (Å²) in [6.07, 6.45) is 3.37. The molecule has 2 atom stereocenters. The second-order valence-electron chi connectivity index (χ2n) is 7.79. The van der Waals surface area contributed by atoms with Gasteiger partial charge in [0.05, 0.1) is 37.6 Å². The van der Waals surface area contributed by atoms with Crippen LogP contribution in [0.5, 0.6) is 5.75 Å². The van der Waals surface area contributed by atoms with Crippen LogP contribution in [0.3, 0.4) is 0 Å². The molecule has 1 aliphatic rings. The van der Waals surface area contributed by atoms with E-state index in [2.05, 4.69) is 28.0 Å². The summed E-state index contributed by atoms with van der Waals surface area (Å²) in [4.78, 5) is 18.1. The summed E-state index contributed by atoms with van der Waals surface area (Å²) in [7, 11) is 0. The summed E-state index contributed by atoms with van der Waals surface area (Å²) in [5.41, 5.74) is 3.88. The van der Waals surface area contributed by atoms with E-state index in [-0.39, 0.29) is 24.3 Å². The molecule has 8 heteroatoms. The highest BCUT2D eigenvalue weighted by Gasteiger charge is 2.39. The summed E-state index contributed by atoms with van der Waals surface area (Å²) in [5, 5.41) is 14.1. The van der Waals surface area contributed by atoms with Crippen LogP contribution in [-0.2, 0) is 22.5 Å². The highest BCUT2D eigenvalue weighted by atomic mass is 16.5. The molecule has 170 valence electrons. The minimum atomic E-state index is -0.318. The predicted molar refractivity (Wildman–Crippen MR) is 123 cm³/mol. The van der Waals surface area contributed by atoms with Crippen molar-refractivity contribution in [2.75, 3.05) is 24.7 Å². The fourth-order valence-corrected chi connectivity index (χ4v) is 4.38. The molecule has 0 amide bonds. The maximum atomic E-state index is 12.0. The van der Waals surface area contributed by atoms with Crippen LogP contribution in [0.1, 0.15) is 42.5 Å². The number of esters is 1. The Labute approximate surface area is 193 Å². The first-order valence-electron chi connectivity index (χ1n) is 11.1. The molecule has 0 bridgehead atoms. The average molecular weight is 446 g/mol. The number of nitriles is 1. The number of hydrogen-bond acceptors (Lipinski definition) is 7. The number of likely N-dealkylation sites (N-methyl/N-ethyl adjacent to an activating group) is 1. The molecule has 0 radical (unpaired) electrons. The van der Waals surface area contributed by atoms with E-state index in [1.165, 1.54) is 6.33 Å². The van der Waals surface area contributed by atoms with E-state index in [0.717, 1.165) is 34.7 Å². The number of carbonyl (C=O) groups is 1. The van der Waals surface area contributed by atoms with Gasteiger partial charge in [0, 0.05) is 18.3 Å². The molecule has 0 aliphatic carbocycles. The molecule has 2 unspecified atom stereocenters. The number of anilines is 1. The molecule has 2 aromatic carbocycles. The monoisotopic (exact) mass is 445 g/mol. The Morgan fingerprint density at radius 1 is 1.21 bits per heavy atom. The highest BCUT2D eigenvalue weighted by molar-refractivity contribution is 5.73. The summed E-state index contributed by atoms with van der Waals surface area (Å²) in [5.74, 6) is 0.184. The standard InChI is InChI=1S/C25H27N5O3/c1-3-30-23-14-20(33-11-10-29-17-27-16-28-29)8-9-21(23)22(15-26)25(30)19-7-5-6-18(12-19)13-24(31)32-4-2/h5-9,12,14,16-17,22,25H,3-4,10-11,13H2,1-2H3. The lowest BCUT2D eigenvalue weighted by Crippen LogP contribution is -2.26. The lowest BCUT2D eigenvalue weighted by atomic mass is 9.90. The van der Waals surface area contributed by atoms with Gasteiger partial charge in [0.1, 0.15) is 25.0 Å². The maximum Gasteiger partial charge on any atom is 0.310 e. The van der Waals surface area contributed by atoms with Crippen LogP contribution in [0.15, 0.2) is 55.1 Å². The minimum absolute atomic E-state index is 0.137. The van der Waals surface area contributed by atoms with Crippen molar-refractivity contribution in [1.82, 2.24) is 14.8 Å². The third-order valence-corrected chi connectivity index (χ3v) is 5.78. The van der Waals surface area contributed by atoms with E-state index in [9.17, 15) is 10.1 Å². The Morgan fingerprint density at radius 3 is 2.82 bits per heavy atom. The Balaban J connectivity index is 1.56. The van der Waals surface area contributed by atoms with Crippen LogP contribution in [0.4, 0.5) is 5.69 Å². The molecular formula is C25H27N5O3. The number of aromatic nitrogens is 3. The Hall–Kier alpha value is -3.86. The normalized spacial score (nSPS) is 16.8. The quantitative estimate of drug-likeness (QED) is 0.464. The summed E-state index contributed by atoms with van der Waals surface area (Å²) in [6, 6.07) is 16.2. The van der Waals surface area contributed by atoms with E-state index in [1.54, 1.807) is 17.9 Å². The zero-order valence-electron chi connectivity index (χ0n) is 18.8. The van der Waals surface area contributed by atoms with Crippen molar-refractivity contribution >= 4 is 11.7 Å². The van der Waals surface area contributed by atoms with Gasteiger partial charge in [-0.25, -0.2) is 9.67 Å². The number of fused-ring (bicyclic) bond motifs is 1. The van der Waals surface area contributed by atoms with E-state index >= 15 is 0 Å². The van der Waals surface area contributed by atoms with Gasteiger partial charge in [0.2, 0.25) is 0 Å². The summed E-state index contributed by atoms with van der Waals surface area (Å²) >= 11 is 0. The first kappa shape index (κ1) is 22.3. The Bertz CT molecular complexity index is 1140. The van der Waals surface area contributed by atoms with Gasteiger partial charge >= 0.3 is 5.97 Å². The third kappa shape index (κ3) is 4.82. The molecule has 4 rings (SSSR count). The van der Waals surface area contributed by atoms with Crippen LogP contribution in [-0.4, -0.2) is 40.5 Å². The van der Waals surface area contributed by atoms with Gasteiger partial charge in [-0.15, -0.1) is 0 Å². The van der Waals surface area contributed by atoms with Crippen LogP contribution < -0.4 is 9.64 Å². The molecule has 3 aromatic rings. The largest absolute Gasteiger partial charge is 0.492 e. The van der Waals surface area contributed by atoms with E-state index in [1.807, 2.05) is 42.5 Å². The average Bonchev–Trinajstić information content (AvgIpc) is 3.44. The molecule has 1 aliphatic heterocycles. The zero-order chi connectivity index (χ0) is 23.2. The van der Waals surface area contributed by atoms with Crippen molar-refractivity contribution < 1.29 is 14.3 Å². The fourth-order valence-electron chi connectivity index (χ4n) is 4.38. The van der Waals surface area contributed by atoms with Gasteiger partial charge in [-0.05, 0) is 36.6 Å². The number of ether oxygens (including phenoxy) is 2. The lowest BCUT2D eigenvalue weighted by molar-refractivity contribution is -0.142. The van der Waals surface area contributed by atoms with Gasteiger partial charge in [0.25, 0.3) is 0 Å². The van der Waals surface area contributed by atoms with Gasteiger partial charge < -0.3 is 14.4 Å². The van der Waals surface area contributed by atoms with Gasteiger partial charge in [0.15, 0.2) is 0 Å². The molecule has 0 saturated carbocycles. The summed E-state index contributed by atoms with van der Waals surface area (Å²) < 4.78 is 12.8.